The summed E-state index contributed by atoms with van der Waals surface area (Å²) in [4.78, 5) is 41.0. The quantitative estimate of drug-likeness (QED) is 0.134. The summed E-state index contributed by atoms with van der Waals surface area (Å²) in [7, 11) is 0. The number of ether oxygens (including phenoxy) is 1. The molecule has 2 saturated heterocycles. The number of hydrogen-bond acceptors (Lipinski definition) is 11. The molecule has 3 aromatic heterocycles. The molecule has 2 fully saturated rings. The maximum atomic E-state index is 12.7. The third kappa shape index (κ3) is 8.01. The highest BCUT2D eigenvalue weighted by Gasteiger charge is 2.39. The van der Waals surface area contributed by atoms with E-state index in [0.717, 1.165) is 19.3 Å². The highest BCUT2D eigenvalue weighted by Crippen LogP contribution is 2.39. The number of hydrogen-bond donors (Lipinski definition) is 2. The SMILES string of the molecule is CC1C(=C=O)NCCN1c1nc2c(I)c(Cl)cc(-c3ccccn3)c2o1.CC1NCCN(C(=O)OC(C)(C)C)C1c1nc2cc(Cl)cc(Br)c2o1. The fourth-order valence-corrected chi connectivity index (χ4v) is 7.54. The van der Waals surface area contributed by atoms with E-state index >= 15 is 0 Å². The van der Waals surface area contributed by atoms with E-state index in [1.807, 2.05) is 69.7 Å². The van der Waals surface area contributed by atoms with Gasteiger partial charge in [0.05, 0.1) is 24.8 Å². The molecule has 0 spiro atoms. The van der Waals surface area contributed by atoms with Crippen LogP contribution in [0, 0.1) is 3.57 Å². The smallest absolute Gasteiger partial charge is 0.411 e. The number of benzene rings is 2. The van der Waals surface area contributed by atoms with E-state index in [-0.39, 0.29) is 24.2 Å². The molecule has 0 aliphatic carbocycles. The average molecular weight is 911 g/mol. The maximum Gasteiger partial charge on any atom is 0.411 e. The predicted octanol–water partition coefficient (Wildman–Crippen LogP) is 8.18. The van der Waals surface area contributed by atoms with Gasteiger partial charge in [-0.25, -0.2) is 14.6 Å². The lowest BCUT2D eigenvalue weighted by molar-refractivity contribution is 0.00266. The van der Waals surface area contributed by atoms with E-state index in [2.05, 4.69) is 64.1 Å². The number of nitrogens with one attached hydrogen (secondary N) is 2. The van der Waals surface area contributed by atoms with Gasteiger partial charge < -0.3 is 29.1 Å². The number of fused-ring (bicyclic) bond motifs is 2. The molecular weight excluding hydrogens is 876 g/mol. The van der Waals surface area contributed by atoms with Crippen molar-refractivity contribution in [2.75, 3.05) is 31.1 Å². The van der Waals surface area contributed by atoms with Crippen LogP contribution >= 0.6 is 61.7 Å². The number of piperazine rings is 2. The van der Waals surface area contributed by atoms with Crippen molar-refractivity contribution in [3.8, 4) is 11.3 Å². The van der Waals surface area contributed by atoms with Crippen molar-refractivity contribution < 1.29 is 23.2 Å². The van der Waals surface area contributed by atoms with E-state index in [4.69, 9.17) is 36.8 Å². The van der Waals surface area contributed by atoms with Crippen molar-refractivity contribution in [1.29, 1.82) is 0 Å². The largest absolute Gasteiger partial charge is 0.444 e. The fourth-order valence-electron chi connectivity index (χ4n) is 5.94. The van der Waals surface area contributed by atoms with Crippen LogP contribution in [0.1, 0.15) is 46.6 Å². The molecule has 7 rings (SSSR count). The molecule has 5 heterocycles. The molecule has 1 amide bonds. The van der Waals surface area contributed by atoms with E-state index in [1.165, 1.54) is 0 Å². The lowest BCUT2D eigenvalue weighted by Gasteiger charge is -2.39. The Balaban J connectivity index is 0.000000176. The Morgan fingerprint density at radius 2 is 1.88 bits per heavy atom. The third-order valence-corrected chi connectivity index (χ3v) is 10.9. The zero-order chi connectivity index (χ0) is 36.6. The summed E-state index contributed by atoms with van der Waals surface area (Å²) in [5.74, 6) is 2.42. The number of amides is 1. The second-order valence-corrected chi connectivity index (χ2v) is 15.8. The van der Waals surface area contributed by atoms with Gasteiger partial charge in [0.15, 0.2) is 11.2 Å². The van der Waals surface area contributed by atoms with Crippen LogP contribution in [0.2, 0.25) is 10.0 Å². The Morgan fingerprint density at radius 3 is 2.59 bits per heavy atom. The first kappa shape index (κ1) is 37.4. The van der Waals surface area contributed by atoms with Crippen LogP contribution in [0.4, 0.5) is 10.8 Å². The number of rotatable bonds is 3. The van der Waals surface area contributed by atoms with E-state index < -0.39 is 5.60 Å². The van der Waals surface area contributed by atoms with Crippen LogP contribution < -0.4 is 15.5 Å². The van der Waals surface area contributed by atoms with Gasteiger partial charge in [0, 0.05) is 49.0 Å². The summed E-state index contributed by atoms with van der Waals surface area (Å²) in [6.45, 7) is 12.0. The Morgan fingerprint density at radius 1 is 1.10 bits per heavy atom. The Bertz CT molecular complexity index is 2130. The molecule has 12 nitrogen and oxygen atoms in total. The molecule has 2 N–H and O–H groups in total. The molecule has 2 aliphatic rings. The zero-order valence-corrected chi connectivity index (χ0v) is 33.6. The van der Waals surface area contributed by atoms with Crippen molar-refractivity contribution in [3.05, 3.63) is 72.3 Å². The average Bonchev–Trinajstić information content (AvgIpc) is 3.72. The van der Waals surface area contributed by atoms with Crippen molar-refractivity contribution in [1.82, 2.24) is 30.5 Å². The molecule has 51 heavy (non-hydrogen) atoms. The molecule has 268 valence electrons. The molecule has 2 aliphatic heterocycles. The minimum atomic E-state index is -0.562. The summed E-state index contributed by atoms with van der Waals surface area (Å²) >= 11 is 18.1. The van der Waals surface area contributed by atoms with Crippen LogP contribution in [0.25, 0.3) is 33.5 Å². The topological polar surface area (TPSA) is 139 Å². The standard InChI is InChI=1S/C18H14ClIN4O2.C17H21BrClN3O3/c1-10-14(9-25)22-6-7-24(10)18-23-16-15(20)12(19)8-11(17(16)26-18)13-4-2-3-5-21-13;1-9-13(22(6-5-20-9)16(23)25-17(2,3)4)15-21-12-8-10(19)7-11(18)14(12)24-15/h2-5,8,10,22H,6-7H2,1H3;7-9,13,20H,5-6H2,1-4H3. The number of nitrogens with zero attached hydrogens (tertiary/aromatic N) is 5. The van der Waals surface area contributed by atoms with Gasteiger partial charge in [0.2, 0.25) is 5.89 Å². The van der Waals surface area contributed by atoms with E-state index in [0.29, 0.717) is 76.0 Å². The van der Waals surface area contributed by atoms with Gasteiger partial charge in [0.25, 0.3) is 6.01 Å². The van der Waals surface area contributed by atoms with Gasteiger partial charge in [-0.2, -0.15) is 4.98 Å². The first-order valence-corrected chi connectivity index (χ1v) is 18.8. The van der Waals surface area contributed by atoms with Crippen LogP contribution in [0.15, 0.2) is 61.6 Å². The number of anilines is 1. The summed E-state index contributed by atoms with van der Waals surface area (Å²) in [6, 6.07) is 10.9. The molecule has 2 aromatic carbocycles. The summed E-state index contributed by atoms with van der Waals surface area (Å²) in [5.41, 5.74) is 4.08. The van der Waals surface area contributed by atoms with Crippen LogP contribution in [0.3, 0.4) is 0 Å². The molecule has 5 aromatic rings. The second kappa shape index (κ2) is 15.3. The normalized spacial score (nSPS) is 19.4. The molecule has 16 heteroatoms. The number of aromatic nitrogens is 3. The van der Waals surface area contributed by atoms with E-state index in [9.17, 15) is 9.59 Å². The van der Waals surface area contributed by atoms with Crippen molar-refractivity contribution in [2.45, 2.75) is 58.3 Å². The molecular formula is C35H35BrCl2IN7O5. The number of halogens is 4. The van der Waals surface area contributed by atoms with Crippen molar-refractivity contribution in [2.24, 2.45) is 0 Å². The number of pyridine rings is 1. The number of carbonyl (C=O) groups is 1. The van der Waals surface area contributed by atoms with Gasteiger partial charge in [-0.05, 0) is 103 Å². The summed E-state index contributed by atoms with van der Waals surface area (Å²) in [5, 5.41) is 7.59. The summed E-state index contributed by atoms with van der Waals surface area (Å²) in [6.07, 6.45) is 1.36. The minimum Gasteiger partial charge on any atom is -0.444 e. The molecule has 3 unspecified atom stereocenters. The van der Waals surface area contributed by atoms with Gasteiger partial charge in [0.1, 0.15) is 34.3 Å². The van der Waals surface area contributed by atoms with Gasteiger partial charge >= 0.3 is 6.09 Å². The highest BCUT2D eigenvalue weighted by molar-refractivity contribution is 14.1. The predicted molar refractivity (Wildman–Crippen MR) is 209 cm³/mol. The van der Waals surface area contributed by atoms with Crippen LogP contribution in [0.5, 0.6) is 0 Å². The molecule has 3 atom stereocenters. The fraction of sp³-hybridized carbons (Fsp3) is 0.371. The first-order valence-electron chi connectivity index (χ1n) is 16.2. The van der Waals surface area contributed by atoms with Crippen molar-refractivity contribution in [3.63, 3.8) is 0 Å². The van der Waals surface area contributed by atoms with Gasteiger partial charge in [-0.1, -0.05) is 29.3 Å². The second-order valence-electron chi connectivity index (χ2n) is 13.1. The maximum absolute atomic E-state index is 12.7. The van der Waals surface area contributed by atoms with Gasteiger partial charge in [-0.15, -0.1) is 0 Å². The third-order valence-electron chi connectivity index (χ3n) is 8.33. The molecule has 0 radical (unpaired) electrons. The summed E-state index contributed by atoms with van der Waals surface area (Å²) < 4.78 is 19.2. The Labute approximate surface area is 326 Å². The lowest BCUT2D eigenvalue weighted by atomic mass is 10.1. The highest BCUT2D eigenvalue weighted by atomic mass is 127. The van der Waals surface area contributed by atoms with Crippen LogP contribution in [-0.4, -0.2) is 75.8 Å². The molecule has 0 saturated carbocycles. The zero-order valence-electron chi connectivity index (χ0n) is 28.4. The minimum absolute atomic E-state index is 0.0245. The van der Waals surface area contributed by atoms with Crippen LogP contribution in [-0.2, 0) is 9.53 Å². The lowest BCUT2D eigenvalue weighted by Crippen LogP contribution is -2.54. The number of carbonyl (C=O) groups excluding carboxylic acids is 2. The molecule has 0 bridgehead atoms. The first-order chi connectivity index (χ1) is 24.3. The van der Waals surface area contributed by atoms with Crippen molar-refractivity contribution >= 4 is 102 Å². The number of oxazole rings is 2. The van der Waals surface area contributed by atoms with E-state index in [1.54, 1.807) is 23.2 Å². The van der Waals surface area contributed by atoms with Gasteiger partial charge in [-0.3, -0.25) is 9.88 Å². The Hall–Kier alpha value is -3.40. The monoisotopic (exact) mass is 909 g/mol. The Kier molecular flexibility index (Phi) is 11.2.